The lowest BCUT2D eigenvalue weighted by Gasteiger charge is -2.09. The molecule has 4 nitrogen and oxygen atoms in total. The maximum Gasteiger partial charge on any atom is 0.335 e. The summed E-state index contributed by atoms with van der Waals surface area (Å²) in [5.74, 6) is -0.430. The molecule has 6 heteroatoms. The van der Waals surface area contributed by atoms with Crippen molar-refractivity contribution in [3.8, 4) is 5.75 Å². The Morgan fingerprint density at radius 1 is 0.893 bits per heavy atom. The third-order valence-electron chi connectivity index (χ3n) is 4.08. The Balaban J connectivity index is 0.00000280. The number of carbonyl (C=O) groups is 1. The number of hydrogen-bond acceptors (Lipinski definition) is 3. The summed E-state index contributed by atoms with van der Waals surface area (Å²) >= 11 is 0. The van der Waals surface area contributed by atoms with E-state index in [4.69, 9.17) is 9.84 Å². The van der Waals surface area contributed by atoms with E-state index in [1.165, 1.54) is 12.1 Å². The number of benzene rings is 3. The van der Waals surface area contributed by atoms with Gasteiger partial charge in [0, 0.05) is 13.1 Å². The van der Waals surface area contributed by atoms with Gasteiger partial charge in [-0.15, -0.1) is 0 Å². The first kappa shape index (κ1) is 21.4. The van der Waals surface area contributed by atoms with Crippen LogP contribution in [0.1, 0.15) is 27.0 Å². The van der Waals surface area contributed by atoms with Crippen LogP contribution in [0.25, 0.3) is 0 Å². The molecule has 146 valence electrons. The van der Waals surface area contributed by atoms with Crippen molar-refractivity contribution in [2.24, 2.45) is 0 Å². The van der Waals surface area contributed by atoms with Gasteiger partial charge in [0.2, 0.25) is 0 Å². The van der Waals surface area contributed by atoms with Gasteiger partial charge in [-0.05, 0) is 53.1 Å². The first-order valence-corrected chi connectivity index (χ1v) is 8.59. The van der Waals surface area contributed by atoms with Crippen LogP contribution in [0, 0.1) is 5.82 Å². The second-order valence-corrected chi connectivity index (χ2v) is 6.17. The molecule has 0 atom stereocenters. The Hall–Kier alpha value is -2.89. The highest BCUT2D eigenvalue weighted by Gasteiger charge is 2.02. The van der Waals surface area contributed by atoms with Crippen LogP contribution in [-0.2, 0) is 19.7 Å². The van der Waals surface area contributed by atoms with Crippen LogP contribution in [0.4, 0.5) is 4.39 Å². The maximum absolute atomic E-state index is 12.9. The first-order valence-electron chi connectivity index (χ1n) is 8.59. The van der Waals surface area contributed by atoms with Gasteiger partial charge in [-0.2, -0.15) is 0 Å². The van der Waals surface area contributed by atoms with Crippen molar-refractivity contribution in [2.45, 2.75) is 19.7 Å². The fraction of sp³-hybridized carbons (Fsp3) is 0.136. The van der Waals surface area contributed by atoms with E-state index in [1.54, 1.807) is 36.4 Å². The summed E-state index contributed by atoms with van der Waals surface area (Å²) < 4.78 is 18.7. The van der Waals surface area contributed by atoms with Crippen molar-refractivity contribution in [1.29, 1.82) is 0 Å². The fourth-order valence-electron chi connectivity index (χ4n) is 2.61. The Morgan fingerprint density at radius 2 is 1.54 bits per heavy atom. The minimum atomic E-state index is -0.924. The van der Waals surface area contributed by atoms with Gasteiger partial charge in [-0.25, -0.2) is 9.18 Å². The topological polar surface area (TPSA) is 58.6 Å². The van der Waals surface area contributed by atoms with Crippen molar-refractivity contribution in [3.05, 3.63) is 101 Å². The third kappa shape index (κ3) is 6.37. The summed E-state index contributed by atoms with van der Waals surface area (Å²) in [5.41, 5.74) is 3.28. The second kappa shape index (κ2) is 10.4. The van der Waals surface area contributed by atoms with Crippen molar-refractivity contribution in [3.63, 3.8) is 0 Å². The zero-order valence-corrected chi connectivity index (χ0v) is 15.8. The molecule has 3 aromatic rings. The molecule has 0 saturated heterocycles. The number of halogens is 2. The minimum absolute atomic E-state index is 0. The molecule has 0 bridgehead atoms. The van der Waals surface area contributed by atoms with Crippen LogP contribution in [-0.4, -0.2) is 11.1 Å². The van der Waals surface area contributed by atoms with E-state index < -0.39 is 5.97 Å². The molecule has 0 saturated carbocycles. The van der Waals surface area contributed by atoms with Gasteiger partial charge in [0.15, 0.2) is 0 Å². The largest absolute Gasteiger partial charge is 1.00 e. The molecule has 0 aromatic heterocycles. The Bertz CT molecular complexity index is 898. The molecule has 0 aliphatic carbocycles. The van der Waals surface area contributed by atoms with Gasteiger partial charge in [0.25, 0.3) is 0 Å². The molecule has 28 heavy (non-hydrogen) atoms. The first-order chi connectivity index (χ1) is 13.1. The molecular formula is C22H20ClFNO3-. The predicted molar refractivity (Wildman–Crippen MR) is 101 cm³/mol. The quantitative estimate of drug-likeness (QED) is 0.600. The monoisotopic (exact) mass is 400 g/mol. The summed E-state index contributed by atoms with van der Waals surface area (Å²) in [6.45, 7) is 1.68. The smallest absolute Gasteiger partial charge is 0.335 e. The standard InChI is InChI=1S/C22H20FNO3.ClH/c23-20-10-6-17(7-11-20)15-27-21-3-1-2-18(12-21)14-24-13-16-4-8-19(9-5-16)22(25)26;/h1-12,24H,13-15H2,(H,25,26);1H/p-1. The molecule has 0 unspecified atom stereocenters. The highest BCUT2D eigenvalue weighted by Crippen LogP contribution is 2.16. The fourth-order valence-corrected chi connectivity index (χ4v) is 2.61. The minimum Gasteiger partial charge on any atom is -1.00 e. The SMILES string of the molecule is O=C(O)c1ccc(CNCc2cccc(OCc3ccc(F)cc3)c2)cc1.[Cl-]. The Morgan fingerprint density at radius 3 is 2.21 bits per heavy atom. The zero-order valence-electron chi connectivity index (χ0n) is 15.1. The maximum atomic E-state index is 12.9. The Kier molecular flexibility index (Phi) is 7.99. The lowest BCUT2D eigenvalue weighted by molar-refractivity contribution is -0.0000219. The van der Waals surface area contributed by atoms with E-state index in [9.17, 15) is 9.18 Å². The second-order valence-electron chi connectivity index (χ2n) is 6.17. The van der Waals surface area contributed by atoms with Gasteiger partial charge in [0.1, 0.15) is 18.2 Å². The van der Waals surface area contributed by atoms with Crippen molar-refractivity contribution < 1.29 is 31.4 Å². The summed E-state index contributed by atoms with van der Waals surface area (Å²) in [7, 11) is 0. The van der Waals surface area contributed by atoms with E-state index in [0.717, 1.165) is 22.4 Å². The number of nitrogens with one attached hydrogen (secondary N) is 1. The van der Waals surface area contributed by atoms with Crippen LogP contribution < -0.4 is 22.5 Å². The van der Waals surface area contributed by atoms with E-state index in [2.05, 4.69) is 5.32 Å². The third-order valence-corrected chi connectivity index (χ3v) is 4.08. The molecule has 3 aromatic carbocycles. The molecule has 0 fully saturated rings. The average molecular weight is 401 g/mol. The van der Waals surface area contributed by atoms with Gasteiger partial charge in [-0.1, -0.05) is 36.4 Å². The number of aromatic carboxylic acids is 1. The van der Waals surface area contributed by atoms with Crippen molar-refractivity contribution in [1.82, 2.24) is 5.32 Å². The Labute approximate surface area is 169 Å². The van der Waals surface area contributed by atoms with Gasteiger partial charge in [0.05, 0.1) is 5.56 Å². The molecule has 0 aliphatic heterocycles. The molecule has 0 amide bonds. The normalized spacial score (nSPS) is 10.2. The molecular weight excluding hydrogens is 381 g/mol. The predicted octanol–water partition coefficient (Wildman–Crippen LogP) is 1.40. The van der Waals surface area contributed by atoms with E-state index in [-0.39, 0.29) is 23.8 Å². The summed E-state index contributed by atoms with van der Waals surface area (Å²) in [6.07, 6.45) is 0. The molecule has 0 aliphatic rings. The highest BCUT2D eigenvalue weighted by molar-refractivity contribution is 5.87. The summed E-state index contributed by atoms with van der Waals surface area (Å²) in [5, 5.41) is 12.2. The highest BCUT2D eigenvalue weighted by atomic mass is 35.5. The van der Waals surface area contributed by atoms with Crippen LogP contribution in [0.15, 0.2) is 72.8 Å². The van der Waals surface area contributed by atoms with Gasteiger partial charge < -0.3 is 27.6 Å². The number of hydrogen-bond donors (Lipinski definition) is 2. The number of carboxylic acids is 1. The molecule has 2 N–H and O–H groups in total. The van der Waals surface area contributed by atoms with Crippen molar-refractivity contribution in [2.75, 3.05) is 0 Å². The molecule has 0 heterocycles. The van der Waals surface area contributed by atoms with Crippen LogP contribution in [0.5, 0.6) is 5.75 Å². The average Bonchev–Trinajstić information content (AvgIpc) is 2.68. The van der Waals surface area contributed by atoms with Crippen LogP contribution in [0.3, 0.4) is 0 Å². The molecule has 3 rings (SSSR count). The number of rotatable bonds is 8. The summed E-state index contributed by atoms with van der Waals surface area (Å²) in [4.78, 5) is 10.9. The van der Waals surface area contributed by atoms with Crippen LogP contribution in [0.2, 0.25) is 0 Å². The van der Waals surface area contributed by atoms with E-state index in [1.807, 2.05) is 24.3 Å². The molecule has 0 radical (unpaired) electrons. The lowest BCUT2D eigenvalue weighted by atomic mass is 10.1. The number of carboxylic acid groups (broad SMARTS) is 1. The molecule has 0 spiro atoms. The van der Waals surface area contributed by atoms with E-state index in [0.29, 0.717) is 19.7 Å². The lowest BCUT2D eigenvalue weighted by Crippen LogP contribution is -3.00. The number of ether oxygens (including phenoxy) is 1. The van der Waals surface area contributed by atoms with Gasteiger partial charge in [-0.3, -0.25) is 0 Å². The summed E-state index contributed by atoms with van der Waals surface area (Å²) in [6, 6.07) is 20.8. The van der Waals surface area contributed by atoms with E-state index >= 15 is 0 Å². The van der Waals surface area contributed by atoms with Gasteiger partial charge >= 0.3 is 5.97 Å². The van der Waals surface area contributed by atoms with Crippen molar-refractivity contribution >= 4 is 5.97 Å². The zero-order chi connectivity index (χ0) is 19.1. The van der Waals surface area contributed by atoms with Crippen LogP contribution >= 0.6 is 0 Å².